The highest BCUT2D eigenvalue weighted by Crippen LogP contribution is 2.33. The number of benzene rings is 2. The number of aliphatic imine (C=N–C) groups is 1. The lowest BCUT2D eigenvalue weighted by atomic mass is 10.1. The molecule has 4 aromatic rings. The Morgan fingerprint density at radius 3 is 2.81 bits per heavy atom. The molecule has 2 N–H and O–H groups in total. The molecule has 158 valence electrons. The molecule has 0 aliphatic heterocycles. The second kappa shape index (κ2) is 8.97. The lowest BCUT2D eigenvalue weighted by Crippen LogP contribution is -2.33. The second-order valence-corrected chi connectivity index (χ2v) is 6.70. The number of hydrogen-bond donors (Lipinski definition) is 1. The molecule has 0 aliphatic rings. The van der Waals surface area contributed by atoms with E-state index < -0.39 is 0 Å². The molecule has 32 heavy (non-hydrogen) atoms. The summed E-state index contributed by atoms with van der Waals surface area (Å²) < 4.78 is 10.8. The number of hydrogen-bond acceptors (Lipinski definition) is 7. The minimum atomic E-state index is 0.0120. The number of methoxy groups -OCH3 is 1. The number of nitrogens with zero attached hydrogens (tertiary/aromatic N) is 6. The molecule has 0 bridgehead atoms. The summed E-state index contributed by atoms with van der Waals surface area (Å²) in [5, 5.41) is 9.74. The number of nitrogens with two attached hydrogens (primary N) is 1. The van der Waals surface area contributed by atoms with Crippen LogP contribution in [0.5, 0.6) is 5.75 Å². The molecule has 4 rings (SSSR count). The van der Waals surface area contributed by atoms with Crippen molar-refractivity contribution in [3.05, 3.63) is 73.1 Å². The van der Waals surface area contributed by atoms with E-state index in [-0.39, 0.29) is 5.96 Å². The first-order valence-corrected chi connectivity index (χ1v) is 9.60. The Bertz CT molecular complexity index is 1310. The van der Waals surface area contributed by atoms with Crippen molar-refractivity contribution in [2.24, 2.45) is 10.7 Å². The fourth-order valence-corrected chi connectivity index (χ4v) is 3.15. The number of aryl methyl sites for hydroxylation is 1. The number of rotatable bonds is 5. The zero-order valence-corrected chi connectivity index (χ0v) is 17.4. The standard InChI is InChI=1S/C23H19N7O2/c1-15-27-9-8-20(28-15)16-4-3-5-17(10-16)29-23(25)30(13-24)18-6-7-19(21(11-18)31-2)22-12-26-14-32-22/h3-12,14H,1-2H3,(H2,25,29). The number of guanidine groups is 1. The fourth-order valence-electron chi connectivity index (χ4n) is 3.15. The van der Waals surface area contributed by atoms with Crippen LogP contribution in [0.2, 0.25) is 0 Å². The third kappa shape index (κ3) is 4.24. The maximum absolute atomic E-state index is 9.74. The first-order valence-electron chi connectivity index (χ1n) is 9.60. The average molecular weight is 425 g/mol. The molecule has 2 heterocycles. The van der Waals surface area contributed by atoms with Crippen molar-refractivity contribution in [1.29, 1.82) is 5.26 Å². The van der Waals surface area contributed by atoms with Crippen LogP contribution < -0.4 is 15.4 Å². The van der Waals surface area contributed by atoms with Crippen molar-refractivity contribution in [2.45, 2.75) is 6.92 Å². The first-order chi connectivity index (χ1) is 15.6. The SMILES string of the molecule is COc1cc(N(C#N)C(N)=Nc2cccc(-c3ccnc(C)n3)c2)ccc1-c1cnco1. The first kappa shape index (κ1) is 20.6. The van der Waals surface area contributed by atoms with E-state index in [0.29, 0.717) is 34.3 Å². The van der Waals surface area contributed by atoms with Gasteiger partial charge in [-0.2, -0.15) is 5.26 Å². The van der Waals surface area contributed by atoms with Gasteiger partial charge in [-0.25, -0.2) is 24.8 Å². The van der Waals surface area contributed by atoms with E-state index in [2.05, 4.69) is 26.1 Å². The van der Waals surface area contributed by atoms with E-state index in [1.54, 1.807) is 36.7 Å². The molecule has 0 unspecified atom stereocenters. The van der Waals surface area contributed by atoms with Crippen LogP contribution in [0.1, 0.15) is 5.82 Å². The van der Waals surface area contributed by atoms with Crippen LogP contribution in [-0.4, -0.2) is 28.0 Å². The number of anilines is 1. The average Bonchev–Trinajstić information content (AvgIpc) is 3.34. The van der Waals surface area contributed by atoms with Gasteiger partial charge in [0.15, 0.2) is 18.3 Å². The van der Waals surface area contributed by atoms with E-state index in [4.69, 9.17) is 14.9 Å². The third-order valence-electron chi connectivity index (χ3n) is 4.63. The Morgan fingerprint density at radius 1 is 1.22 bits per heavy atom. The van der Waals surface area contributed by atoms with E-state index in [1.807, 2.05) is 31.2 Å². The maximum atomic E-state index is 9.74. The molecule has 0 saturated carbocycles. The van der Waals surface area contributed by atoms with Crippen molar-refractivity contribution in [3.8, 4) is 34.5 Å². The molecule has 0 spiro atoms. The van der Waals surface area contributed by atoms with Crippen LogP contribution >= 0.6 is 0 Å². The second-order valence-electron chi connectivity index (χ2n) is 6.70. The van der Waals surface area contributed by atoms with Gasteiger partial charge in [0, 0.05) is 17.8 Å². The number of oxazole rings is 1. The summed E-state index contributed by atoms with van der Waals surface area (Å²) in [6.45, 7) is 1.83. The van der Waals surface area contributed by atoms with E-state index in [9.17, 15) is 5.26 Å². The van der Waals surface area contributed by atoms with Gasteiger partial charge in [-0.3, -0.25) is 0 Å². The molecule has 2 aromatic carbocycles. The molecule has 0 amide bonds. The molecule has 0 atom stereocenters. The summed E-state index contributed by atoms with van der Waals surface area (Å²) in [6.07, 6.45) is 6.69. The normalized spacial score (nSPS) is 11.1. The van der Waals surface area contributed by atoms with Crippen LogP contribution in [0.4, 0.5) is 11.4 Å². The zero-order valence-electron chi connectivity index (χ0n) is 17.4. The van der Waals surface area contributed by atoms with E-state index in [1.165, 1.54) is 18.4 Å². The van der Waals surface area contributed by atoms with E-state index in [0.717, 1.165) is 11.3 Å². The monoisotopic (exact) mass is 425 g/mol. The Morgan fingerprint density at radius 2 is 2.09 bits per heavy atom. The molecular weight excluding hydrogens is 406 g/mol. The largest absolute Gasteiger partial charge is 0.496 e. The predicted molar refractivity (Wildman–Crippen MR) is 120 cm³/mol. The van der Waals surface area contributed by atoms with E-state index >= 15 is 0 Å². The Balaban J connectivity index is 1.65. The highest BCUT2D eigenvalue weighted by atomic mass is 16.5. The predicted octanol–water partition coefficient (Wildman–Crippen LogP) is 4.05. The summed E-state index contributed by atoms with van der Waals surface area (Å²) in [7, 11) is 1.54. The molecule has 9 nitrogen and oxygen atoms in total. The quantitative estimate of drug-likeness (QED) is 0.220. The smallest absolute Gasteiger partial charge is 0.214 e. The number of aromatic nitrogens is 3. The fraction of sp³-hybridized carbons (Fsp3) is 0.0870. The molecule has 0 fully saturated rings. The topological polar surface area (TPSA) is 126 Å². The third-order valence-corrected chi connectivity index (χ3v) is 4.63. The molecular formula is C23H19N7O2. The van der Waals surface area contributed by atoms with Crippen LogP contribution in [0.3, 0.4) is 0 Å². The van der Waals surface area contributed by atoms with Crippen LogP contribution in [0.25, 0.3) is 22.6 Å². The number of nitriles is 1. The van der Waals surface area contributed by atoms with Gasteiger partial charge in [-0.05, 0) is 37.3 Å². The van der Waals surface area contributed by atoms with Crippen LogP contribution in [0.15, 0.2) is 76.7 Å². The zero-order chi connectivity index (χ0) is 22.5. The van der Waals surface area contributed by atoms with Gasteiger partial charge in [-0.1, -0.05) is 12.1 Å². The minimum Gasteiger partial charge on any atom is -0.496 e. The van der Waals surface area contributed by atoms with Gasteiger partial charge in [0.05, 0.1) is 35.9 Å². The maximum Gasteiger partial charge on any atom is 0.214 e. The Labute approximate surface area is 184 Å². The summed E-state index contributed by atoms with van der Waals surface area (Å²) in [5.74, 6) is 1.75. The van der Waals surface area contributed by atoms with Gasteiger partial charge in [0.2, 0.25) is 5.96 Å². The molecule has 0 aliphatic carbocycles. The van der Waals surface area contributed by atoms with Crippen molar-refractivity contribution >= 4 is 17.3 Å². The van der Waals surface area contributed by atoms with Crippen LogP contribution in [0, 0.1) is 18.4 Å². The number of ether oxygens (including phenoxy) is 1. The van der Waals surface area contributed by atoms with Gasteiger partial charge >= 0.3 is 0 Å². The van der Waals surface area contributed by atoms with Crippen molar-refractivity contribution in [2.75, 3.05) is 12.0 Å². The molecule has 9 heteroatoms. The van der Waals surface area contributed by atoms with Gasteiger partial charge in [-0.15, -0.1) is 0 Å². The summed E-state index contributed by atoms with van der Waals surface area (Å²) in [4.78, 5) is 18.1. The van der Waals surface area contributed by atoms with Crippen molar-refractivity contribution in [3.63, 3.8) is 0 Å². The Kier molecular flexibility index (Phi) is 5.76. The van der Waals surface area contributed by atoms with Gasteiger partial charge in [0.1, 0.15) is 11.6 Å². The van der Waals surface area contributed by atoms with Gasteiger partial charge in [0.25, 0.3) is 0 Å². The molecule has 0 radical (unpaired) electrons. The lowest BCUT2D eigenvalue weighted by molar-refractivity contribution is 0.415. The minimum absolute atomic E-state index is 0.0120. The van der Waals surface area contributed by atoms with Crippen LogP contribution in [-0.2, 0) is 0 Å². The highest BCUT2D eigenvalue weighted by Gasteiger charge is 2.16. The van der Waals surface area contributed by atoms with Crippen molar-refractivity contribution in [1.82, 2.24) is 15.0 Å². The Hall–Kier alpha value is -4.71. The lowest BCUT2D eigenvalue weighted by Gasteiger charge is -2.16. The highest BCUT2D eigenvalue weighted by molar-refractivity contribution is 5.99. The van der Waals surface area contributed by atoms with Gasteiger partial charge < -0.3 is 14.9 Å². The van der Waals surface area contributed by atoms with Crippen molar-refractivity contribution < 1.29 is 9.15 Å². The summed E-state index contributed by atoms with van der Waals surface area (Å²) in [5.41, 5.74) is 9.62. The molecule has 0 saturated heterocycles. The molecule has 2 aromatic heterocycles. The summed E-state index contributed by atoms with van der Waals surface area (Å²) in [6, 6.07) is 14.4. The summed E-state index contributed by atoms with van der Waals surface area (Å²) >= 11 is 0.